The quantitative estimate of drug-likeness (QED) is 0.406. The molecule has 30 valence electrons. The van der Waals surface area contributed by atoms with Crippen LogP contribution < -0.4 is 10.5 Å². The van der Waals surface area contributed by atoms with Crippen LogP contribution in [0.4, 0.5) is 0 Å². The SMILES string of the molecule is CC1=N[C]=[N+]N1. The summed E-state index contributed by atoms with van der Waals surface area (Å²) in [6.45, 7) is 1.82. The van der Waals surface area contributed by atoms with Crippen LogP contribution in [-0.4, -0.2) is 12.2 Å². The summed E-state index contributed by atoms with van der Waals surface area (Å²) in [4.78, 5) is 3.62. The van der Waals surface area contributed by atoms with Crippen LogP contribution in [0.15, 0.2) is 4.99 Å². The summed E-state index contributed by atoms with van der Waals surface area (Å²) in [5.41, 5.74) is 2.58. The summed E-state index contributed by atoms with van der Waals surface area (Å²) in [6.07, 6.45) is 2.37. The fourth-order valence-corrected chi connectivity index (χ4v) is 0.231. The van der Waals surface area contributed by atoms with E-state index in [1.165, 1.54) is 0 Å². The number of nitrogens with one attached hydrogen (secondary N) is 1. The fourth-order valence-electron chi connectivity index (χ4n) is 0.231. The van der Waals surface area contributed by atoms with Gasteiger partial charge in [0.2, 0.25) is 0 Å². The van der Waals surface area contributed by atoms with Crippen molar-refractivity contribution in [2.24, 2.45) is 4.99 Å². The lowest BCUT2D eigenvalue weighted by Crippen LogP contribution is -2.15. The van der Waals surface area contributed by atoms with Gasteiger partial charge in [0.15, 0.2) is 0 Å². The van der Waals surface area contributed by atoms with E-state index in [-0.39, 0.29) is 0 Å². The summed E-state index contributed by atoms with van der Waals surface area (Å²) < 4.78 is 0. The Morgan fingerprint density at radius 2 is 2.83 bits per heavy atom. The number of amidine groups is 1. The Labute approximate surface area is 35.8 Å². The first-order valence-corrected chi connectivity index (χ1v) is 1.64. The van der Waals surface area contributed by atoms with Crippen molar-refractivity contribution in [1.29, 1.82) is 0 Å². The van der Waals surface area contributed by atoms with E-state index in [0.717, 1.165) is 5.84 Å². The summed E-state index contributed by atoms with van der Waals surface area (Å²) in [5.74, 6) is 0.801. The second-order valence-electron chi connectivity index (χ2n) is 1.02. The molecule has 0 unspecified atom stereocenters. The van der Waals surface area contributed by atoms with E-state index in [1.807, 2.05) is 6.92 Å². The third kappa shape index (κ3) is 0.381. The predicted molar refractivity (Wildman–Crippen MR) is 23.4 cm³/mol. The molecular formula is C3H4N3+. The highest BCUT2D eigenvalue weighted by molar-refractivity contribution is 5.89. The van der Waals surface area contributed by atoms with Crippen molar-refractivity contribution in [3.8, 4) is 0 Å². The number of nitrogens with zero attached hydrogens (tertiary/aromatic N) is 2. The Bertz CT molecular complexity index is 103. The maximum Gasteiger partial charge on any atom is 0.490 e. The van der Waals surface area contributed by atoms with E-state index in [4.69, 9.17) is 0 Å². The molecule has 0 saturated carbocycles. The van der Waals surface area contributed by atoms with E-state index in [2.05, 4.69) is 21.9 Å². The molecule has 1 aliphatic heterocycles. The van der Waals surface area contributed by atoms with Crippen molar-refractivity contribution < 1.29 is 0 Å². The smallest absolute Gasteiger partial charge is 0.147 e. The standard InChI is InChI=1S/C3H4N3/c1-3-4-2-5-6-3/h1H3,(H,4,6)/q+1. The van der Waals surface area contributed by atoms with Crippen LogP contribution in [0.1, 0.15) is 6.92 Å². The number of hydrogen-bond acceptors (Lipinski definition) is 3. The van der Waals surface area contributed by atoms with Crippen LogP contribution in [0.5, 0.6) is 0 Å². The molecule has 0 aromatic heterocycles. The number of rotatable bonds is 0. The molecule has 1 N–H and O–H groups in total. The van der Waals surface area contributed by atoms with Gasteiger partial charge in [-0.2, -0.15) is 0 Å². The minimum Gasteiger partial charge on any atom is -0.147 e. The second kappa shape index (κ2) is 1.08. The van der Waals surface area contributed by atoms with Gasteiger partial charge in [-0.15, -0.1) is 5.43 Å². The molecule has 0 atom stereocenters. The number of aliphatic imine (C=N–C) groups is 1. The molecule has 6 heavy (non-hydrogen) atoms. The van der Waals surface area contributed by atoms with Crippen molar-refractivity contribution >= 4 is 12.2 Å². The molecule has 3 heteroatoms. The highest BCUT2D eigenvalue weighted by atomic mass is 15.4. The van der Waals surface area contributed by atoms with Crippen LogP contribution in [0.2, 0.25) is 0 Å². The molecule has 1 heterocycles. The zero-order valence-corrected chi connectivity index (χ0v) is 3.39. The normalized spacial score (nSPS) is 17.2. The molecule has 3 nitrogen and oxygen atoms in total. The Morgan fingerprint density at radius 1 is 2.00 bits per heavy atom. The Balaban J connectivity index is 2.61. The van der Waals surface area contributed by atoms with Crippen molar-refractivity contribution in [1.82, 2.24) is 10.5 Å². The van der Waals surface area contributed by atoms with Crippen molar-refractivity contribution in [3.63, 3.8) is 0 Å². The van der Waals surface area contributed by atoms with E-state index >= 15 is 0 Å². The average Bonchev–Trinajstić information content (AvgIpc) is 1.86. The topological polar surface area (TPSA) is 38.5 Å². The van der Waals surface area contributed by atoms with Crippen LogP contribution in [0, 0.1) is 0 Å². The van der Waals surface area contributed by atoms with E-state index in [0.29, 0.717) is 0 Å². The predicted octanol–water partition coefficient (Wildman–Crippen LogP) is -0.836. The summed E-state index contributed by atoms with van der Waals surface area (Å²) in [5, 5.41) is 3.46. The molecule has 0 saturated heterocycles. The molecular weight excluding hydrogens is 78.1 g/mol. The van der Waals surface area contributed by atoms with Gasteiger partial charge in [0.1, 0.15) is 0 Å². The van der Waals surface area contributed by atoms with Gasteiger partial charge in [0, 0.05) is 6.92 Å². The Hall–Kier alpha value is -0.860. The zero-order valence-electron chi connectivity index (χ0n) is 3.39. The van der Waals surface area contributed by atoms with Gasteiger partial charge >= 0.3 is 6.34 Å². The first-order valence-electron chi connectivity index (χ1n) is 1.64. The van der Waals surface area contributed by atoms with Crippen LogP contribution in [0.25, 0.3) is 0 Å². The maximum absolute atomic E-state index is 3.62. The molecule has 1 rings (SSSR count). The molecule has 0 spiro atoms. The largest absolute Gasteiger partial charge is 0.490 e. The third-order valence-electron chi connectivity index (χ3n) is 0.485. The van der Waals surface area contributed by atoms with Gasteiger partial charge in [0.25, 0.3) is 5.84 Å². The molecule has 0 bridgehead atoms. The van der Waals surface area contributed by atoms with Gasteiger partial charge in [0.05, 0.1) is 5.10 Å². The molecule has 0 aliphatic carbocycles. The number of hydrazone groups is 1. The first-order chi connectivity index (χ1) is 2.89. The van der Waals surface area contributed by atoms with Gasteiger partial charge in [-0.3, -0.25) is 0 Å². The van der Waals surface area contributed by atoms with E-state index in [9.17, 15) is 0 Å². The third-order valence-corrected chi connectivity index (χ3v) is 0.485. The highest BCUT2D eigenvalue weighted by Crippen LogP contribution is 1.67. The van der Waals surface area contributed by atoms with Crippen molar-refractivity contribution in [2.75, 3.05) is 0 Å². The second-order valence-corrected chi connectivity index (χ2v) is 1.02. The van der Waals surface area contributed by atoms with Gasteiger partial charge < -0.3 is 0 Å². The Morgan fingerprint density at radius 3 is 3.00 bits per heavy atom. The lowest BCUT2D eigenvalue weighted by Gasteiger charge is -1.68. The van der Waals surface area contributed by atoms with Gasteiger partial charge in [-0.1, -0.05) is 0 Å². The lowest BCUT2D eigenvalue weighted by atomic mass is 10.7. The van der Waals surface area contributed by atoms with Crippen molar-refractivity contribution in [3.05, 3.63) is 0 Å². The van der Waals surface area contributed by atoms with Crippen LogP contribution in [0.3, 0.4) is 0 Å². The van der Waals surface area contributed by atoms with Gasteiger partial charge in [-0.25, -0.2) is 0 Å². The minimum absolute atomic E-state index is 0.801. The molecule has 2 radical (unpaired) electrons. The van der Waals surface area contributed by atoms with Gasteiger partial charge in [-0.05, 0) is 4.99 Å². The molecule has 1 aliphatic rings. The van der Waals surface area contributed by atoms with E-state index < -0.39 is 0 Å². The lowest BCUT2D eigenvalue weighted by molar-refractivity contribution is 0.943. The summed E-state index contributed by atoms with van der Waals surface area (Å²) in [6, 6.07) is 0. The minimum atomic E-state index is 0.801. The maximum atomic E-state index is 3.62. The van der Waals surface area contributed by atoms with E-state index in [1.54, 1.807) is 0 Å². The monoisotopic (exact) mass is 82.0 g/mol. The highest BCUT2D eigenvalue weighted by Gasteiger charge is 2.03. The van der Waals surface area contributed by atoms with Crippen LogP contribution in [-0.2, 0) is 0 Å². The molecule has 0 aromatic rings. The molecule has 0 fully saturated rings. The van der Waals surface area contributed by atoms with Crippen LogP contribution >= 0.6 is 0 Å². The fraction of sp³-hybridized carbons (Fsp3) is 0.333. The molecule has 0 aromatic carbocycles. The zero-order chi connectivity index (χ0) is 4.41. The summed E-state index contributed by atoms with van der Waals surface area (Å²) >= 11 is 0. The summed E-state index contributed by atoms with van der Waals surface area (Å²) in [7, 11) is 0. The molecule has 0 amide bonds. The van der Waals surface area contributed by atoms with Crippen molar-refractivity contribution in [2.45, 2.75) is 6.92 Å². The number of hydrogen-bond donors (Lipinski definition) is 1. The average molecular weight is 82.1 g/mol. The Kier molecular flexibility index (Phi) is 0.602. The first kappa shape index (κ1) is 3.33.